The number of benzene rings is 1. The summed E-state index contributed by atoms with van der Waals surface area (Å²) in [5.41, 5.74) is 0.750. The molecule has 0 saturated carbocycles. The van der Waals surface area contributed by atoms with Gasteiger partial charge < -0.3 is 9.72 Å². The van der Waals surface area contributed by atoms with Gasteiger partial charge in [-0.2, -0.15) is 8.78 Å². The van der Waals surface area contributed by atoms with Gasteiger partial charge in [0, 0.05) is 12.1 Å². The van der Waals surface area contributed by atoms with Crippen molar-refractivity contribution in [1.82, 2.24) is 9.97 Å². The van der Waals surface area contributed by atoms with Crippen LogP contribution in [-0.4, -0.2) is 16.6 Å². The molecule has 15 heavy (non-hydrogen) atoms. The summed E-state index contributed by atoms with van der Waals surface area (Å²) in [5, 5.41) is 0. The van der Waals surface area contributed by atoms with Gasteiger partial charge in [0.15, 0.2) is 16.3 Å². The van der Waals surface area contributed by atoms with Gasteiger partial charge in [-0.3, -0.25) is 0 Å². The fourth-order valence-corrected chi connectivity index (χ4v) is 1.57. The van der Waals surface area contributed by atoms with Crippen molar-refractivity contribution in [3.8, 4) is 5.75 Å². The van der Waals surface area contributed by atoms with Crippen molar-refractivity contribution in [1.29, 1.82) is 0 Å². The van der Waals surface area contributed by atoms with Crippen LogP contribution in [0.3, 0.4) is 0 Å². The minimum Gasteiger partial charge on any atom is -0.432 e. The van der Waals surface area contributed by atoms with Crippen LogP contribution in [0.5, 0.6) is 5.75 Å². The van der Waals surface area contributed by atoms with Crippen molar-refractivity contribution in [3.63, 3.8) is 0 Å². The predicted octanol–water partition coefficient (Wildman–Crippen LogP) is 3.07. The van der Waals surface area contributed by atoms with Crippen molar-refractivity contribution in [2.75, 3.05) is 0 Å². The normalized spacial score (nSPS) is 11.3. The molecule has 1 heterocycles. The lowest BCUT2D eigenvalue weighted by molar-refractivity contribution is -0.0520. The summed E-state index contributed by atoms with van der Waals surface area (Å²) in [4.78, 5) is 6.59. The van der Waals surface area contributed by atoms with Gasteiger partial charge in [0.05, 0.1) is 11.0 Å². The third-order valence-corrected chi connectivity index (χ3v) is 2.10. The lowest BCUT2D eigenvalue weighted by atomic mass is 10.3. The fraction of sp³-hybridized carbons (Fsp3) is 0.125. The third-order valence-electron chi connectivity index (χ3n) is 1.72. The molecule has 0 aliphatic carbocycles. The summed E-state index contributed by atoms with van der Waals surface area (Å²) in [6.45, 7) is -3.06. The molecular weight excluding hydrogens is 277 g/mol. The molecule has 0 atom stereocenters. The van der Waals surface area contributed by atoms with Crippen LogP contribution in [0.1, 0.15) is 0 Å². The molecule has 0 spiro atoms. The van der Waals surface area contributed by atoms with E-state index in [1.54, 1.807) is 0 Å². The molecule has 3 nitrogen and oxygen atoms in total. The number of halogens is 4. The molecule has 1 aromatic carbocycles. The number of fused-ring (bicyclic) bond motifs is 1. The zero-order chi connectivity index (χ0) is 11.0. The Kier molecular flexibility index (Phi) is 2.56. The smallest absolute Gasteiger partial charge is 0.387 e. The number of hydrogen-bond acceptors (Lipinski definition) is 2. The minimum atomic E-state index is -3.06. The monoisotopic (exact) mass is 280 g/mol. The average molecular weight is 281 g/mol. The van der Waals surface area contributed by atoms with Crippen LogP contribution in [0.25, 0.3) is 11.0 Å². The third kappa shape index (κ3) is 2.06. The highest BCUT2D eigenvalue weighted by Crippen LogP contribution is 2.25. The average Bonchev–Trinajstić information content (AvgIpc) is 2.44. The van der Waals surface area contributed by atoms with Crippen LogP contribution < -0.4 is 4.74 Å². The van der Waals surface area contributed by atoms with E-state index in [4.69, 9.17) is 0 Å². The minimum absolute atomic E-state index is 0.346. The number of aromatic amines is 1. The van der Waals surface area contributed by atoms with Crippen LogP contribution in [0.2, 0.25) is 0 Å². The van der Waals surface area contributed by atoms with Gasteiger partial charge in [-0.25, -0.2) is 9.37 Å². The van der Waals surface area contributed by atoms with Gasteiger partial charge in [-0.15, -0.1) is 0 Å². The molecule has 0 bridgehead atoms. The second kappa shape index (κ2) is 3.73. The highest BCUT2D eigenvalue weighted by atomic mass is 79.9. The molecule has 2 rings (SSSR count). The van der Waals surface area contributed by atoms with E-state index in [-0.39, 0.29) is 0 Å². The molecule has 0 saturated heterocycles. The highest BCUT2D eigenvalue weighted by molar-refractivity contribution is 9.10. The lowest BCUT2D eigenvalue weighted by Gasteiger charge is -2.04. The first-order valence-corrected chi connectivity index (χ1v) is 4.65. The Morgan fingerprint density at radius 2 is 2.13 bits per heavy atom. The summed E-state index contributed by atoms with van der Waals surface area (Å²) >= 11 is 3.05. The molecule has 7 heteroatoms. The van der Waals surface area contributed by atoms with Crippen LogP contribution in [0.15, 0.2) is 16.9 Å². The summed E-state index contributed by atoms with van der Waals surface area (Å²) in [5.74, 6) is -1.38. The van der Waals surface area contributed by atoms with Gasteiger partial charge >= 0.3 is 6.61 Å². The molecule has 0 amide bonds. The van der Waals surface area contributed by atoms with Gasteiger partial charge in [-0.05, 0) is 15.9 Å². The van der Waals surface area contributed by atoms with Crippen molar-refractivity contribution >= 4 is 27.0 Å². The zero-order valence-corrected chi connectivity index (χ0v) is 8.69. The first-order valence-electron chi connectivity index (χ1n) is 3.86. The first kappa shape index (κ1) is 10.3. The number of ether oxygens (including phenoxy) is 1. The summed E-state index contributed by atoms with van der Waals surface area (Å²) in [6.07, 6.45) is 0. The van der Waals surface area contributed by atoms with Gasteiger partial charge in [0.1, 0.15) is 0 Å². The Bertz CT molecular complexity index is 500. The van der Waals surface area contributed by atoms with Gasteiger partial charge in [0.2, 0.25) is 0 Å². The maximum absolute atomic E-state index is 13.2. The van der Waals surface area contributed by atoms with Crippen molar-refractivity contribution < 1.29 is 17.9 Å². The fourth-order valence-electron chi connectivity index (χ4n) is 1.17. The maximum atomic E-state index is 13.2. The molecule has 0 aliphatic rings. The topological polar surface area (TPSA) is 37.9 Å². The Labute approximate surface area is 90.4 Å². The van der Waals surface area contributed by atoms with Crippen LogP contribution in [0, 0.1) is 5.82 Å². The number of nitrogens with zero attached hydrogens (tertiary/aromatic N) is 1. The number of H-pyrrole nitrogens is 1. The van der Waals surface area contributed by atoms with Crippen LogP contribution >= 0.6 is 15.9 Å². The number of alkyl halides is 2. The molecule has 80 valence electrons. The second-order valence-electron chi connectivity index (χ2n) is 2.71. The summed E-state index contributed by atoms with van der Waals surface area (Å²) in [7, 11) is 0. The molecule has 2 aromatic rings. The van der Waals surface area contributed by atoms with E-state index in [9.17, 15) is 13.2 Å². The molecule has 1 N–H and O–H groups in total. The highest BCUT2D eigenvalue weighted by Gasteiger charge is 2.12. The Balaban J connectivity index is 2.51. The van der Waals surface area contributed by atoms with Crippen molar-refractivity contribution in [3.05, 3.63) is 22.7 Å². The summed E-state index contributed by atoms with van der Waals surface area (Å²) < 4.78 is 41.3. The molecule has 0 aliphatic heterocycles. The SMILES string of the molecule is Fc1cc2[nH]c(Br)nc2cc1OC(F)F. The number of aromatic nitrogens is 2. The first-order chi connectivity index (χ1) is 7.06. The Morgan fingerprint density at radius 1 is 1.40 bits per heavy atom. The molecular formula is C8H4BrF3N2O. The van der Waals surface area contributed by atoms with E-state index < -0.39 is 18.2 Å². The number of nitrogens with one attached hydrogen (secondary N) is 1. The maximum Gasteiger partial charge on any atom is 0.387 e. The standard InChI is InChI=1S/C8H4BrF3N2O/c9-7-13-4-1-3(10)6(15-8(11)12)2-5(4)14-7/h1-2,8H,(H,13,14). The van der Waals surface area contributed by atoms with E-state index in [1.165, 1.54) is 0 Å². The molecule has 0 radical (unpaired) electrons. The van der Waals surface area contributed by atoms with E-state index in [0.29, 0.717) is 15.8 Å². The van der Waals surface area contributed by atoms with Crippen molar-refractivity contribution in [2.24, 2.45) is 0 Å². The van der Waals surface area contributed by atoms with Crippen LogP contribution in [0.4, 0.5) is 13.2 Å². The molecule has 0 unspecified atom stereocenters. The van der Waals surface area contributed by atoms with E-state index in [1.807, 2.05) is 0 Å². The van der Waals surface area contributed by atoms with E-state index in [0.717, 1.165) is 12.1 Å². The summed E-state index contributed by atoms with van der Waals surface area (Å²) in [6, 6.07) is 2.16. The van der Waals surface area contributed by atoms with Crippen molar-refractivity contribution in [2.45, 2.75) is 6.61 Å². The quantitative estimate of drug-likeness (QED) is 0.918. The predicted molar refractivity (Wildman–Crippen MR) is 50.4 cm³/mol. The Hall–Kier alpha value is -1.24. The van der Waals surface area contributed by atoms with Crippen LogP contribution in [-0.2, 0) is 0 Å². The number of imidazole rings is 1. The van der Waals surface area contributed by atoms with Gasteiger partial charge in [-0.1, -0.05) is 0 Å². The lowest BCUT2D eigenvalue weighted by Crippen LogP contribution is -2.03. The Morgan fingerprint density at radius 3 is 2.80 bits per heavy atom. The van der Waals surface area contributed by atoms with E-state index in [2.05, 4.69) is 30.6 Å². The number of rotatable bonds is 2. The van der Waals surface area contributed by atoms with Gasteiger partial charge in [0.25, 0.3) is 0 Å². The number of hydrogen-bond donors (Lipinski definition) is 1. The molecule has 0 fully saturated rings. The molecule has 1 aromatic heterocycles. The van der Waals surface area contributed by atoms with E-state index >= 15 is 0 Å². The zero-order valence-electron chi connectivity index (χ0n) is 7.10. The largest absolute Gasteiger partial charge is 0.432 e. The second-order valence-corrected chi connectivity index (χ2v) is 3.46.